The van der Waals surface area contributed by atoms with Crippen LogP contribution in [0.1, 0.15) is 35.3 Å². The van der Waals surface area contributed by atoms with E-state index in [9.17, 15) is 9.59 Å². The van der Waals surface area contributed by atoms with Crippen LogP contribution in [0.2, 0.25) is 0 Å². The SMILES string of the molecule is CC(C)[C@H](NC(=O)c1cccnc1)C(=O)N1CCc2ccccc2C1. The van der Waals surface area contributed by atoms with Gasteiger partial charge in [-0.3, -0.25) is 14.6 Å². The van der Waals surface area contributed by atoms with E-state index in [2.05, 4.69) is 22.4 Å². The van der Waals surface area contributed by atoms with E-state index < -0.39 is 6.04 Å². The molecule has 0 bridgehead atoms. The molecule has 0 fully saturated rings. The molecule has 3 rings (SSSR count). The smallest absolute Gasteiger partial charge is 0.253 e. The van der Waals surface area contributed by atoms with Gasteiger partial charge in [0.15, 0.2) is 0 Å². The maximum absolute atomic E-state index is 13.0. The summed E-state index contributed by atoms with van der Waals surface area (Å²) in [6, 6.07) is 11.1. The molecule has 25 heavy (non-hydrogen) atoms. The van der Waals surface area contributed by atoms with Gasteiger partial charge in [0.1, 0.15) is 6.04 Å². The number of hydrogen-bond acceptors (Lipinski definition) is 3. The lowest BCUT2D eigenvalue weighted by atomic mass is 9.97. The van der Waals surface area contributed by atoms with Crippen molar-refractivity contribution >= 4 is 11.8 Å². The fourth-order valence-electron chi connectivity index (χ4n) is 3.12. The Bertz CT molecular complexity index is 759. The molecule has 130 valence electrons. The molecular weight excluding hydrogens is 314 g/mol. The first-order valence-corrected chi connectivity index (χ1v) is 8.62. The molecule has 0 saturated heterocycles. The lowest BCUT2D eigenvalue weighted by Crippen LogP contribution is -2.52. The number of pyridine rings is 1. The Labute approximate surface area is 148 Å². The number of fused-ring (bicyclic) bond motifs is 1. The molecule has 1 aromatic heterocycles. The number of aromatic nitrogens is 1. The second-order valence-electron chi connectivity index (χ2n) is 6.72. The van der Waals surface area contributed by atoms with Crippen LogP contribution < -0.4 is 5.32 Å². The summed E-state index contributed by atoms with van der Waals surface area (Å²) < 4.78 is 0. The Kier molecular flexibility index (Phi) is 5.12. The van der Waals surface area contributed by atoms with Crippen molar-refractivity contribution in [3.05, 3.63) is 65.5 Å². The second kappa shape index (κ2) is 7.47. The zero-order valence-electron chi connectivity index (χ0n) is 14.6. The highest BCUT2D eigenvalue weighted by Gasteiger charge is 2.30. The first kappa shape index (κ1) is 17.1. The van der Waals surface area contributed by atoms with Gasteiger partial charge in [0.2, 0.25) is 5.91 Å². The van der Waals surface area contributed by atoms with Gasteiger partial charge in [0.25, 0.3) is 5.91 Å². The number of nitrogens with zero attached hydrogens (tertiary/aromatic N) is 2. The van der Waals surface area contributed by atoms with Crippen molar-refractivity contribution in [2.24, 2.45) is 5.92 Å². The third-order valence-corrected chi connectivity index (χ3v) is 4.59. The van der Waals surface area contributed by atoms with Crippen LogP contribution in [0.5, 0.6) is 0 Å². The monoisotopic (exact) mass is 337 g/mol. The number of amides is 2. The van der Waals surface area contributed by atoms with Crippen molar-refractivity contribution in [1.82, 2.24) is 15.2 Å². The van der Waals surface area contributed by atoms with Crippen molar-refractivity contribution in [2.45, 2.75) is 32.9 Å². The Morgan fingerprint density at radius 2 is 1.88 bits per heavy atom. The molecule has 0 radical (unpaired) electrons. The van der Waals surface area contributed by atoms with Crippen molar-refractivity contribution in [1.29, 1.82) is 0 Å². The van der Waals surface area contributed by atoms with Crippen LogP contribution >= 0.6 is 0 Å². The molecule has 0 spiro atoms. The molecule has 1 aliphatic heterocycles. The molecule has 5 nitrogen and oxygen atoms in total. The highest BCUT2D eigenvalue weighted by atomic mass is 16.2. The summed E-state index contributed by atoms with van der Waals surface area (Å²) in [7, 11) is 0. The average Bonchev–Trinajstić information content (AvgIpc) is 2.65. The van der Waals surface area contributed by atoms with E-state index in [4.69, 9.17) is 0 Å². The highest BCUT2D eigenvalue weighted by Crippen LogP contribution is 2.20. The molecule has 2 amide bonds. The van der Waals surface area contributed by atoms with E-state index in [1.807, 2.05) is 30.9 Å². The summed E-state index contributed by atoms with van der Waals surface area (Å²) >= 11 is 0. The van der Waals surface area contributed by atoms with Crippen molar-refractivity contribution in [3.63, 3.8) is 0 Å². The normalized spacial score (nSPS) is 14.8. The van der Waals surface area contributed by atoms with Gasteiger partial charge in [0, 0.05) is 25.5 Å². The number of hydrogen-bond donors (Lipinski definition) is 1. The van der Waals surface area contributed by atoms with E-state index in [1.165, 1.54) is 17.3 Å². The highest BCUT2D eigenvalue weighted by molar-refractivity contribution is 5.97. The van der Waals surface area contributed by atoms with E-state index in [0.717, 1.165) is 6.42 Å². The van der Waals surface area contributed by atoms with Gasteiger partial charge in [-0.1, -0.05) is 38.1 Å². The molecule has 0 unspecified atom stereocenters. The van der Waals surface area contributed by atoms with Crippen molar-refractivity contribution in [3.8, 4) is 0 Å². The van der Waals surface area contributed by atoms with Crippen molar-refractivity contribution in [2.75, 3.05) is 6.54 Å². The molecule has 1 aromatic carbocycles. The molecule has 1 atom stereocenters. The summed E-state index contributed by atoms with van der Waals surface area (Å²) in [6.07, 6.45) is 3.98. The average molecular weight is 337 g/mol. The Morgan fingerprint density at radius 1 is 1.12 bits per heavy atom. The maximum Gasteiger partial charge on any atom is 0.253 e. The summed E-state index contributed by atoms with van der Waals surface area (Å²) in [5.41, 5.74) is 2.94. The second-order valence-corrected chi connectivity index (χ2v) is 6.72. The molecular formula is C20H23N3O2. The Morgan fingerprint density at radius 3 is 2.56 bits per heavy atom. The van der Waals surface area contributed by atoms with E-state index in [0.29, 0.717) is 18.7 Å². The summed E-state index contributed by atoms with van der Waals surface area (Å²) in [6.45, 7) is 5.18. The third kappa shape index (κ3) is 3.87. The summed E-state index contributed by atoms with van der Waals surface area (Å²) in [5.74, 6) is -0.287. The predicted molar refractivity (Wildman–Crippen MR) is 95.9 cm³/mol. The van der Waals surface area contributed by atoms with Crippen LogP contribution in [-0.2, 0) is 17.8 Å². The van der Waals surface area contributed by atoms with E-state index in [-0.39, 0.29) is 17.7 Å². The van der Waals surface area contributed by atoms with Crippen LogP contribution in [0.4, 0.5) is 0 Å². The lowest BCUT2D eigenvalue weighted by molar-refractivity contribution is -0.135. The number of benzene rings is 1. The molecule has 5 heteroatoms. The Hall–Kier alpha value is -2.69. The zero-order valence-corrected chi connectivity index (χ0v) is 14.6. The molecule has 0 saturated carbocycles. The maximum atomic E-state index is 13.0. The third-order valence-electron chi connectivity index (χ3n) is 4.59. The number of rotatable bonds is 4. The summed E-state index contributed by atoms with van der Waals surface area (Å²) in [5, 5.41) is 2.88. The minimum Gasteiger partial charge on any atom is -0.340 e. The number of carbonyl (C=O) groups excluding carboxylic acids is 2. The lowest BCUT2D eigenvalue weighted by Gasteiger charge is -2.33. The van der Waals surface area contributed by atoms with Crippen LogP contribution in [0, 0.1) is 5.92 Å². The largest absolute Gasteiger partial charge is 0.340 e. The Balaban J connectivity index is 1.73. The van der Waals surface area contributed by atoms with Gasteiger partial charge in [-0.15, -0.1) is 0 Å². The van der Waals surface area contributed by atoms with Gasteiger partial charge in [-0.25, -0.2) is 0 Å². The van der Waals surface area contributed by atoms with Crippen LogP contribution in [-0.4, -0.2) is 34.3 Å². The molecule has 1 N–H and O–H groups in total. The first-order valence-electron chi connectivity index (χ1n) is 8.62. The van der Waals surface area contributed by atoms with Gasteiger partial charge in [-0.2, -0.15) is 0 Å². The van der Waals surface area contributed by atoms with Crippen molar-refractivity contribution < 1.29 is 9.59 Å². The van der Waals surface area contributed by atoms with Crippen LogP contribution in [0.25, 0.3) is 0 Å². The minimum absolute atomic E-state index is 0.00490. The standard InChI is InChI=1S/C20H23N3O2/c1-14(2)18(22-19(24)16-8-5-10-21-12-16)20(25)23-11-9-15-6-3-4-7-17(15)13-23/h3-8,10,12,14,18H,9,11,13H2,1-2H3,(H,22,24)/t18-/m0/s1. The topological polar surface area (TPSA) is 62.3 Å². The number of nitrogens with one attached hydrogen (secondary N) is 1. The van der Waals surface area contributed by atoms with E-state index in [1.54, 1.807) is 18.3 Å². The molecule has 2 heterocycles. The number of carbonyl (C=O) groups is 2. The molecule has 2 aromatic rings. The van der Waals surface area contributed by atoms with Gasteiger partial charge in [0.05, 0.1) is 5.56 Å². The zero-order chi connectivity index (χ0) is 17.8. The first-order chi connectivity index (χ1) is 12.1. The van der Waals surface area contributed by atoms with Gasteiger partial charge >= 0.3 is 0 Å². The quantitative estimate of drug-likeness (QED) is 0.932. The summed E-state index contributed by atoms with van der Waals surface area (Å²) in [4.78, 5) is 31.2. The van der Waals surface area contributed by atoms with Crippen LogP contribution in [0.15, 0.2) is 48.8 Å². The fourth-order valence-corrected chi connectivity index (χ4v) is 3.12. The predicted octanol–water partition coefficient (Wildman–Crippen LogP) is 2.42. The molecule has 1 aliphatic rings. The van der Waals surface area contributed by atoms with Crippen LogP contribution in [0.3, 0.4) is 0 Å². The van der Waals surface area contributed by atoms with Gasteiger partial charge in [-0.05, 0) is 35.6 Å². The fraction of sp³-hybridized carbons (Fsp3) is 0.350. The van der Waals surface area contributed by atoms with E-state index >= 15 is 0 Å². The minimum atomic E-state index is -0.544. The molecule has 0 aliphatic carbocycles. The van der Waals surface area contributed by atoms with Gasteiger partial charge < -0.3 is 10.2 Å².